The molecule has 0 spiro atoms. The molecule has 1 aliphatic rings. The standard InChI is InChI=1S/C16H13NO/c1-11-7-8-13-10-15(17-14(13)9-11)16(18)12-5-3-2-4-6-12/h2-9H,10H2,1H3. The lowest BCUT2D eigenvalue weighted by molar-refractivity contribution is 0.106. The van der Waals surface area contributed by atoms with Gasteiger partial charge in [0.05, 0.1) is 11.4 Å². The van der Waals surface area contributed by atoms with Crippen LogP contribution in [0.5, 0.6) is 0 Å². The molecule has 0 fully saturated rings. The van der Waals surface area contributed by atoms with Gasteiger partial charge in [0, 0.05) is 12.0 Å². The zero-order valence-corrected chi connectivity index (χ0v) is 10.2. The highest BCUT2D eigenvalue weighted by molar-refractivity contribution is 6.47. The van der Waals surface area contributed by atoms with E-state index in [1.54, 1.807) is 0 Å². The fraction of sp³-hybridized carbons (Fsp3) is 0.125. The monoisotopic (exact) mass is 235 g/mol. The molecule has 0 amide bonds. The molecular formula is C16H13NO. The van der Waals surface area contributed by atoms with Gasteiger partial charge in [-0.1, -0.05) is 42.5 Å². The summed E-state index contributed by atoms with van der Waals surface area (Å²) < 4.78 is 0. The minimum atomic E-state index is 0.0319. The first-order valence-corrected chi connectivity index (χ1v) is 6.01. The van der Waals surface area contributed by atoms with Crippen molar-refractivity contribution in [1.82, 2.24) is 0 Å². The van der Waals surface area contributed by atoms with Gasteiger partial charge in [-0.3, -0.25) is 4.79 Å². The summed E-state index contributed by atoms with van der Waals surface area (Å²) in [4.78, 5) is 16.7. The summed E-state index contributed by atoms with van der Waals surface area (Å²) in [5.74, 6) is 0.0319. The fourth-order valence-corrected chi connectivity index (χ4v) is 2.18. The molecule has 0 saturated carbocycles. The largest absolute Gasteiger partial charge is 0.287 e. The number of carbonyl (C=O) groups excluding carboxylic acids is 1. The topological polar surface area (TPSA) is 29.4 Å². The number of fused-ring (bicyclic) bond motifs is 1. The Hall–Kier alpha value is -2.22. The number of carbonyl (C=O) groups is 1. The minimum Gasteiger partial charge on any atom is -0.287 e. The van der Waals surface area contributed by atoms with Gasteiger partial charge in [0.15, 0.2) is 0 Å². The first-order valence-electron chi connectivity index (χ1n) is 6.01. The van der Waals surface area contributed by atoms with Crippen LogP contribution in [0.4, 0.5) is 5.69 Å². The smallest absolute Gasteiger partial charge is 0.207 e. The number of Topliss-reactive ketones (excluding diaryl/α,β-unsaturated/α-hetero) is 1. The molecule has 18 heavy (non-hydrogen) atoms. The van der Waals surface area contributed by atoms with Crippen LogP contribution in [0.1, 0.15) is 21.5 Å². The van der Waals surface area contributed by atoms with Crippen LogP contribution < -0.4 is 0 Å². The normalized spacial score (nSPS) is 13.1. The van der Waals surface area contributed by atoms with Crippen molar-refractivity contribution in [2.45, 2.75) is 13.3 Å². The maximum absolute atomic E-state index is 12.3. The Kier molecular flexibility index (Phi) is 2.56. The van der Waals surface area contributed by atoms with Gasteiger partial charge in [-0.2, -0.15) is 0 Å². The van der Waals surface area contributed by atoms with E-state index in [2.05, 4.69) is 17.1 Å². The molecule has 0 bridgehead atoms. The van der Waals surface area contributed by atoms with E-state index in [1.165, 1.54) is 5.56 Å². The van der Waals surface area contributed by atoms with Crippen molar-refractivity contribution in [3.05, 3.63) is 65.2 Å². The molecule has 1 aliphatic heterocycles. The van der Waals surface area contributed by atoms with E-state index >= 15 is 0 Å². The average molecular weight is 235 g/mol. The first kappa shape index (κ1) is 10.9. The molecule has 0 atom stereocenters. The van der Waals surface area contributed by atoms with Gasteiger partial charge in [0.2, 0.25) is 5.78 Å². The Bertz CT molecular complexity index is 641. The summed E-state index contributed by atoms with van der Waals surface area (Å²) in [6, 6.07) is 15.5. The van der Waals surface area contributed by atoms with Gasteiger partial charge >= 0.3 is 0 Å². The van der Waals surface area contributed by atoms with Crippen molar-refractivity contribution in [2.24, 2.45) is 4.99 Å². The summed E-state index contributed by atoms with van der Waals surface area (Å²) >= 11 is 0. The molecule has 2 aromatic carbocycles. The van der Waals surface area contributed by atoms with Crippen LogP contribution >= 0.6 is 0 Å². The van der Waals surface area contributed by atoms with E-state index in [0.29, 0.717) is 17.7 Å². The molecule has 0 aromatic heterocycles. The Morgan fingerprint density at radius 3 is 2.67 bits per heavy atom. The second-order valence-corrected chi connectivity index (χ2v) is 4.56. The second-order valence-electron chi connectivity index (χ2n) is 4.56. The summed E-state index contributed by atoms with van der Waals surface area (Å²) in [5, 5.41) is 0. The van der Waals surface area contributed by atoms with Crippen LogP contribution in [0.15, 0.2) is 53.5 Å². The SMILES string of the molecule is Cc1ccc2c(c1)N=C(C(=O)c1ccccc1)C2. The third kappa shape index (κ3) is 1.86. The number of ketones is 1. The quantitative estimate of drug-likeness (QED) is 0.732. The average Bonchev–Trinajstić information content (AvgIpc) is 2.81. The number of aryl methyl sites for hydroxylation is 1. The van der Waals surface area contributed by atoms with Crippen LogP contribution in [0.3, 0.4) is 0 Å². The third-order valence-corrected chi connectivity index (χ3v) is 3.15. The van der Waals surface area contributed by atoms with Crippen LogP contribution in [-0.2, 0) is 6.42 Å². The summed E-state index contributed by atoms with van der Waals surface area (Å²) in [6.07, 6.45) is 0.642. The van der Waals surface area contributed by atoms with Gasteiger partial charge in [0.25, 0.3) is 0 Å². The Morgan fingerprint density at radius 2 is 1.89 bits per heavy atom. The van der Waals surface area contributed by atoms with Gasteiger partial charge in [-0.05, 0) is 24.1 Å². The first-order chi connectivity index (χ1) is 8.74. The molecular weight excluding hydrogens is 222 g/mol. The third-order valence-electron chi connectivity index (χ3n) is 3.15. The number of aliphatic imine (C=N–C) groups is 1. The predicted molar refractivity (Wildman–Crippen MR) is 72.8 cm³/mol. The van der Waals surface area contributed by atoms with Crippen LogP contribution in [0.25, 0.3) is 0 Å². The van der Waals surface area contributed by atoms with Gasteiger partial charge in [-0.25, -0.2) is 4.99 Å². The van der Waals surface area contributed by atoms with Gasteiger partial charge in [0.1, 0.15) is 0 Å². The number of hydrogen-bond acceptors (Lipinski definition) is 2. The Labute approximate surface area is 106 Å². The molecule has 2 aromatic rings. The van der Waals surface area contributed by atoms with Crippen LogP contribution in [0, 0.1) is 6.92 Å². The zero-order chi connectivity index (χ0) is 12.5. The lowest BCUT2D eigenvalue weighted by Crippen LogP contribution is -2.13. The summed E-state index contributed by atoms with van der Waals surface area (Å²) in [6.45, 7) is 2.03. The van der Waals surface area contributed by atoms with E-state index < -0.39 is 0 Å². The van der Waals surface area contributed by atoms with E-state index in [-0.39, 0.29) is 5.78 Å². The van der Waals surface area contributed by atoms with E-state index in [1.807, 2.05) is 43.3 Å². The number of benzene rings is 2. The lowest BCUT2D eigenvalue weighted by atomic mass is 10.0. The van der Waals surface area contributed by atoms with Gasteiger partial charge in [-0.15, -0.1) is 0 Å². The number of nitrogens with zero attached hydrogens (tertiary/aromatic N) is 1. The van der Waals surface area contributed by atoms with Gasteiger partial charge < -0.3 is 0 Å². The second kappa shape index (κ2) is 4.22. The van der Waals surface area contributed by atoms with E-state index in [0.717, 1.165) is 11.3 Å². The van der Waals surface area contributed by atoms with E-state index in [9.17, 15) is 4.79 Å². The van der Waals surface area contributed by atoms with Crippen molar-refractivity contribution >= 4 is 17.2 Å². The molecule has 0 unspecified atom stereocenters. The van der Waals surface area contributed by atoms with E-state index in [4.69, 9.17) is 0 Å². The van der Waals surface area contributed by atoms with Crippen molar-refractivity contribution in [3.8, 4) is 0 Å². The van der Waals surface area contributed by atoms with Crippen molar-refractivity contribution in [1.29, 1.82) is 0 Å². The summed E-state index contributed by atoms with van der Waals surface area (Å²) in [7, 11) is 0. The fourth-order valence-electron chi connectivity index (χ4n) is 2.18. The molecule has 0 aliphatic carbocycles. The van der Waals surface area contributed by atoms with Crippen LogP contribution in [-0.4, -0.2) is 11.5 Å². The van der Waals surface area contributed by atoms with Crippen molar-refractivity contribution in [2.75, 3.05) is 0 Å². The zero-order valence-electron chi connectivity index (χ0n) is 10.2. The molecule has 0 radical (unpaired) electrons. The maximum Gasteiger partial charge on any atom is 0.207 e. The highest BCUT2D eigenvalue weighted by atomic mass is 16.1. The van der Waals surface area contributed by atoms with Crippen molar-refractivity contribution < 1.29 is 4.79 Å². The summed E-state index contributed by atoms with van der Waals surface area (Å²) in [5.41, 5.74) is 4.60. The lowest BCUT2D eigenvalue weighted by Gasteiger charge is -1.99. The molecule has 1 heterocycles. The number of hydrogen-bond donors (Lipinski definition) is 0. The predicted octanol–water partition coefficient (Wildman–Crippen LogP) is 3.51. The van der Waals surface area contributed by atoms with Crippen molar-refractivity contribution in [3.63, 3.8) is 0 Å². The Balaban J connectivity index is 1.93. The molecule has 0 N–H and O–H groups in total. The molecule has 3 rings (SSSR count). The molecule has 2 nitrogen and oxygen atoms in total. The molecule has 0 saturated heterocycles. The Morgan fingerprint density at radius 1 is 1.11 bits per heavy atom. The molecule has 88 valence electrons. The highest BCUT2D eigenvalue weighted by Gasteiger charge is 2.21. The minimum absolute atomic E-state index is 0.0319. The maximum atomic E-state index is 12.3. The number of rotatable bonds is 2. The highest BCUT2D eigenvalue weighted by Crippen LogP contribution is 2.28. The molecule has 2 heteroatoms. The van der Waals surface area contributed by atoms with Crippen LogP contribution in [0.2, 0.25) is 0 Å².